The smallest absolute Gasteiger partial charge is 0.335 e. The number of primary sulfonamides is 1. The molecular weight excluding hydrogens is 588 g/mol. The molecule has 0 spiro atoms. The number of allylic oxidation sites excluding steroid dienone is 1. The number of carboxylic acids is 1. The Hall–Kier alpha value is -2.59. The van der Waals surface area contributed by atoms with Crippen LogP contribution in [-0.4, -0.2) is 49.0 Å². The van der Waals surface area contributed by atoms with Crippen LogP contribution in [0, 0.1) is 17.8 Å². The zero-order chi connectivity index (χ0) is 31.1. The lowest BCUT2D eigenvalue weighted by Gasteiger charge is -2.42. The minimum absolute atomic E-state index is 0.0628. The van der Waals surface area contributed by atoms with Crippen LogP contribution in [0.15, 0.2) is 48.6 Å². The number of aromatic carboxylic acids is 1. The number of carbonyl (C=O) groups is 1. The van der Waals surface area contributed by atoms with Crippen LogP contribution in [-0.2, 0) is 23.1 Å². The number of nitrogens with two attached hydrogens (primary N) is 1. The van der Waals surface area contributed by atoms with Gasteiger partial charge in [0.15, 0.2) is 0 Å². The number of aliphatic hydroxyl groups is 1. The van der Waals surface area contributed by atoms with E-state index in [1.165, 1.54) is 0 Å². The maximum absolute atomic E-state index is 12.0. The zero-order valence-corrected chi connectivity index (χ0v) is 26.7. The highest BCUT2D eigenvalue weighted by molar-refractivity contribution is 7.89. The number of hydrogen-bond donors (Lipinski definition) is 3. The molecule has 4 N–H and O–H groups in total. The molecule has 236 valence electrons. The Kier molecular flexibility index (Phi) is 11.6. The second kappa shape index (κ2) is 14.9. The Morgan fingerprint density at radius 1 is 1.19 bits per heavy atom. The zero-order valence-electron chi connectivity index (χ0n) is 25.1. The maximum atomic E-state index is 12.0. The monoisotopic (exact) mass is 632 g/mol. The molecule has 0 unspecified atom stereocenters. The van der Waals surface area contributed by atoms with Gasteiger partial charge in [-0.3, -0.25) is 0 Å². The van der Waals surface area contributed by atoms with Crippen LogP contribution in [0.25, 0.3) is 0 Å². The van der Waals surface area contributed by atoms with E-state index in [-0.39, 0.29) is 23.3 Å². The fourth-order valence-corrected chi connectivity index (χ4v) is 7.93. The second-order valence-electron chi connectivity index (χ2n) is 12.1. The van der Waals surface area contributed by atoms with E-state index < -0.39 is 27.3 Å². The highest BCUT2D eigenvalue weighted by Gasteiger charge is 2.37. The van der Waals surface area contributed by atoms with E-state index in [9.17, 15) is 23.4 Å². The number of fused-ring (bicyclic) bond motifs is 2. The van der Waals surface area contributed by atoms with Crippen LogP contribution in [0.5, 0.6) is 5.75 Å². The van der Waals surface area contributed by atoms with E-state index in [0.29, 0.717) is 36.8 Å². The van der Waals surface area contributed by atoms with Gasteiger partial charge in [0.25, 0.3) is 0 Å². The van der Waals surface area contributed by atoms with Crippen molar-refractivity contribution in [2.45, 2.75) is 83.2 Å². The van der Waals surface area contributed by atoms with Gasteiger partial charge in [0.05, 0.1) is 22.6 Å². The molecule has 2 aromatic carbocycles. The van der Waals surface area contributed by atoms with Gasteiger partial charge in [-0.15, -0.1) is 0 Å². The molecule has 1 aliphatic heterocycles. The number of hydrogen-bond acceptors (Lipinski definition) is 6. The highest BCUT2D eigenvalue weighted by Crippen LogP contribution is 2.41. The minimum Gasteiger partial charge on any atom is -0.487 e. The molecule has 1 fully saturated rings. The van der Waals surface area contributed by atoms with Gasteiger partial charge in [0.1, 0.15) is 12.4 Å². The summed E-state index contributed by atoms with van der Waals surface area (Å²) in [7, 11) is -3.63. The predicted molar refractivity (Wildman–Crippen MR) is 171 cm³/mol. The normalized spacial score (nSPS) is 21.5. The number of anilines is 1. The lowest BCUT2D eigenvalue weighted by molar-refractivity contribution is 0.0461. The van der Waals surface area contributed by atoms with Crippen molar-refractivity contribution < 1.29 is 28.2 Å². The summed E-state index contributed by atoms with van der Waals surface area (Å²) < 4.78 is 30.4. The third kappa shape index (κ3) is 8.75. The van der Waals surface area contributed by atoms with E-state index in [1.54, 1.807) is 24.3 Å². The van der Waals surface area contributed by atoms with Gasteiger partial charge in [-0.05, 0) is 104 Å². The lowest BCUT2D eigenvalue weighted by Crippen LogP contribution is -2.43. The number of benzene rings is 2. The lowest BCUT2D eigenvalue weighted by atomic mass is 9.70. The van der Waals surface area contributed by atoms with Gasteiger partial charge < -0.3 is 19.8 Å². The fraction of sp³-hybridized carbons (Fsp3) is 0.545. The molecule has 1 heterocycles. The van der Waals surface area contributed by atoms with Gasteiger partial charge in [-0.2, -0.15) is 0 Å². The summed E-state index contributed by atoms with van der Waals surface area (Å²) in [5.41, 5.74) is 3.20. The molecule has 0 saturated heterocycles. The topological polar surface area (TPSA) is 130 Å². The average molecular weight is 633 g/mol. The van der Waals surface area contributed by atoms with Gasteiger partial charge in [0, 0.05) is 18.1 Å². The number of ether oxygens (including phenoxy) is 1. The molecule has 43 heavy (non-hydrogen) atoms. The Morgan fingerprint density at radius 2 is 1.98 bits per heavy atom. The third-order valence-electron chi connectivity index (χ3n) is 9.06. The van der Waals surface area contributed by atoms with Crippen LogP contribution in [0.3, 0.4) is 0 Å². The van der Waals surface area contributed by atoms with Crippen molar-refractivity contribution in [1.29, 1.82) is 0 Å². The molecule has 1 aliphatic carbocycles. The van der Waals surface area contributed by atoms with E-state index in [1.807, 2.05) is 38.1 Å². The van der Waals surface area contributed by atoms with Crippen molar-refractivity contribution in [3.63, 3.8) is 0 Å². The van der Waals surface area contributed by atoms with E-state index in [4.69, 9.17) is 21.5 Å². The Bertz CT molecular complexity index is 1400. The fourth-order valence-electron chi connectivity index (χ4n) is 6.41. The molecular formula is C33H45ClN2O6S. The molecule has 10 heteroatoms. The maximum Gasteiger partial charge on any atom is 0.335 e. The second-order valence-corrected chi connectivity index (χ2v) is 14.4. The first-order valence-electron chi connectivity index (χ1n) is 15.4. The molecule has 0 amide bonds. The van der Waals surface area contributed by atoms with Crippen LogP contribution in [0.2, 0.25) is 5.02 Å². The van der Waals surface area contributed by atoms with Gasteiger partial charge in [-0.1, -0.05) is 50.1 Å². The highest BCUT2D eigenvalue weighted by atomic mass is 35.5. The summed E-state index contributed by atoms with van der Waals surface area (Å²) >= 11 is 6.28. The summed E-state index contributed by atoms with van der Waals surface area (Å²) in [6.07, 6.45) is 9.42. The molecule has 0 aromatic heterocycles. The van der Waals surface area contributed by atoms with Gasteiger partial charge in [0.2, 0.25) is 10.0 Å². The average Bonchev–Trinajstić information content (AvgIpc) is 2.96. The summed E-state index contributed by atoms with van der Waals surface area (Å²) in [6, 6.07) is 10.9. The number of sulfonamides is 1. The number of carboxylic acid groups (broad SMARTS) is 1. The van der Waals surface area contributed by atoms with E-state index in [0.717, 1.165) is 61.9 Å². The molecule has 8 nitrogen and oxygen atoms in total. The molecule has 2 aromatic rings. The molecule has 0 bridgehead atoms. The minimum atomic E-state index is -3.63. The summed E-state index contributed by atoms with van der Waals surface area (Å²) in [5, 5.41) is 26.4. The van der Waals surface area contributed by atoms with E-state index in [2.05, 4.69) is 4.90 Å². The van der Waals surface area contributed by atoms with Crippen LogP contribution in [0.1, 0.15) is 80.3 Å². The number of halogens is 1. The van der Waals surface area contributed by atoms with Crippen LogP contribution >= 0.6 is 11.6 Å². The molecule has 5 atom stereocenters. The number of nitrogens with zero attached hydrogens (tertiary/aromatic N) is 1. The van der Waals surface area contributed by atoms with Gasteiger partial charge in [-0.25, -0.2) is 18.4 Å². The largest absolute Gasteiger partial charge is 0.487 e. The molecule has 1 saturated carbocycles. The SMILES string of the molecule is CCC[C@@H]([C@@H](C)C/C=C/[C@H](O)[C@@H]1CC[C@H]1CN1CCCCc2cc(Cl)ccc2COc2ccc(C(=O)O)cc21)S(N)(=O)=O. The van der Waals surface area contributed by atoms with Crippen molar-refractivity contribution in [2.75, 3.05) is 18.0 Å². The quantitative estimate of drug-likeness (QED) is 0.252. The first-order chi connectivity index (χ1) is 20.5. The Morgan fingerprint density at radius 3 is 2.65 bits per heavy atom. The van der Waals surface area contributed by atoms with Crippen LogP contribution < -0.4 is 14.8 Å². The van der Waals surface area contributed by atoms with Crippen molar-refractivity contribution in [1.82, 2.24) is 0 Å². The van der Waals surface area contributed by atoms with E-state index >= 15 is 0 Å². The van der Waals surface area contributed by atoms with Crippen LogP contribution in [0.4, 0.5) is 5.69 Å². The summed E-state index contributed by atoms with van der Waals surface area (Å²) in [4.78, 5) is 14.1. The number of aliphatic hydroxyl groups excluding tert-OH is 1. The van der Waals surface area contributed by atoms with Crippen molar-refractivity contribution in [3.05, 3.63) is 70.3 Å². The number of rotatable bonds is 11. The van der Waals surface area contributed by atoms with Crippen molar-refractivity contribution in [2.24, 2.45) is 22.9 Å². The van der Waals surface area contributed by atoms with Crippen molar-refractivity contribution >= 4 is 33.3 Å². The standard InChI is InChI=1S/C33H45ClN2O6S/c1-3-7-32(43(35,40)41)22(2)8-6-10-30(37)28-15-12-25(28)20-36-17-5-4-9-23-18-27(34)14-11-26(23)21-42-31-16-13-24(33(38)39)19-29(31)36/h6,10-11,13-14,16,18-19,22,25,28,30,32,37H,3-5,7-9,12,15,17,20-21H2,1-2H3,(H,38,39)(H2,35,40,41)/b10-6+/t22-,25-,28+,30-,32-/m0/s1. The van der Waals surface area contributed by atoms with Gasteiger partial charge >= 0.3 is 5.97 Å². The summed E-state index contributed by atoms with van der Waals surface area (Å²) in [6.45, 7) is 5.60. The van der Waals surface area contributed by atoms with Crippen molar-refractivity contribution in [3.8, 4) is 5.75 Å². The molecule has 4 rings (SSSR count). The predicted octanol–water partition coefficient (Wildman–Crippen LogP) is 6.19. The molecule has 0 radical (unpaired) electrons. The Balaban J connectivity index is 1.48. The first kappa shape index (κ1) is 33.3. The molecule has 2 aliphatic rings. The first-order valence-corrected chi connectivity index (χ1v) is 17.3. The third-order valence-corrected chi connectivity index (χ3v) is 10.8. The summed E-state index contributed by atoms with van der Waals surface area (Å²) in [5.74, 6) is -0.216. The Labute approximate surface area is 260 Å². The number of aryl methyl sites for hydroxylation is 1.